The van der Waals surface area contributed by atoms with Crippen LogP contribution in [0.4, 0.5) is 0 Å². The topological polar surface area (TPSA) is 478 Å². The molecule has 0 N–H and O–H groups in total. The Hall–Kier alpha value is -12.7. The molecule has 5 aliphatic rings. The molecule has 0 radical (unpaired) electrons. The van der Waals surface area contributed by atoms with E-state index >= 15 is 14.4 Å². The molecule has 5 saturated heterocycles. The molecular formula is C95H101N9O30. The number of carbonyl (C=O) groups excluding carboxylic acids is 7. The van der Waals surface area contributed by atoms with Crippen LogP contribution in [0.1, 0.15) is 74.9 Å². The van der Waals surface area contributed by atoms with E-state index in [1.807, 2.05) is 36.4 Å². The van der Waals surface area contributed by atoms with Crippen molar-refractivity contribution in [1.82, 2.24) is 0 Å². The normalized spacial score (nSPS) is 28.2. The number of ether oxygens (including phenoxy) is 23. The molecule has 0 amide bonds. The molecule has 134 heavy (non-hydrogen) atoms. The maximum Gasteiger partial charge on any atom is 0.338 e. The quantitative estimate of drug-likeness (QED) is 0.0113. The van der Waals surface area contributed by atoms with E-state index in [9.17, 15) is 35.8 Å². The fourth-order valence-electron chi connectivity index (χ4n) is 15.9. The molecule has 13 rings (SSSR count). The summed E-state index contributed by atoms with van der Waals surface area (Å²) in [5.74, 6) is -6.99. The smallest absolute Gasteiger partial charge is 0.338 e. The fourth-order valence-corrected chi connectivity index (χ4v) is 15.9. The first kappa shape index (κ1) is 98.8. The second-order valence-corrected chi connectivity index (χ2v) is 31.2. The second kappa shape index (κ2) is 49.9. The molecule has 25 atom stereocenters. The van der Waals surface area contributed by atoms with E-state index in [0.29, 0.717) is 33.4 Å². The lowest BCUT2D eigenvalue weighted by atomic mass is 9.93. The molecule has 5 aliphatic heterocycles. The largest absolute Gasteiger partial charge is 0.467 e. The van der Waals surface area contributed by atoms with Gasteiger partial charge in [0, 0.05) is 42.6 Å². The van der Waals surface area contributed by atoms with E-state index in [1.54, 1.807) is 182 Å². The van der Waals surface area contributed by atoms with Crippen molar-refractivity contribution in [1.29, 1.82) is 0 Å². The van der Waals surface area contributed by atoms with Crippen molar-refractivity contribution < 1.29 is 143 Å². The zero-order chi connectivity index (χ0) is 94.2. The van der Waals surface area contributed by atoms with Crippen LogP contribution in [0, 0.1) is 0 Å². The first-order chi connectivity index (χ1) is 65.3. The SMILES string of the molecule is COC(=O)[C@H]1O[C@@H](O[C@H]2[C@H](OC(C)=O)[C@@H](N=[N+]=[N-])[C@@H](O[C@H]3[C@H](OCc4ccccc4)[C@@H](OC(=O)c4ccccc4)[C@H](O[C@H]4[C@H](OCc5ccccc5)[C@@H](N=[N+]=[N-])[C@@H](OC)O[C@@H]4COC(=O)c4ccccc4)O[C@H]3C(=O)OC)O[C@@H]2COC(C)=O)[C@H](OCc2ccccc2)[C@@H](OCc2ccccc2)[C@@H]1O[C@H]1O[C@H](COC(C)=O)[C@@H](OCc2ccccc2)[C@H](OCc2ccccc2)[C@H]1N=[N+]=[N-]. The lowest BCUT2D eigenvalue weighted by molar-refractivity contribution is -0.382. The van der Waals surface area contributed by atoms with Crippen LogP contribution in [0.2, 0.25) is 0 Å². The Labute approximate surface area is 769 Å². The summed E-state index contributed by atoms with van der Waals surface area (Å²) in [4.78, 5) is 110. The number of carbonyl (C=O) groups is 7. The highest BCUT2D eigenvalue weighted by atomic mass is 16.8. The number of benzene rings is 8. The number of hydrogen-bond donors (Lipinski definition) is 0. The third-order valence-electron chi connectivity index (χ3n) is 22.2. The summed E-state index contributed by atoms with van der Waals surface area (Å²) < 4.78 is 151. The van der Waals surface area contributed by atoms with Gasteiger partial charge in [-0.3, -0.25) is 14.4 Å². The molecule has 8 aromatic rings. The van der Waals surface area contributed by atoms with Gasteiger partial charge in [-0.2, -0.15) is 0 Å². The number of esters is 7. The molecule has 39 nitrogen and oxygen atoms in total. The van der Waals surface area contributed by atoms with Gasteiger partial charge in [0.05, 0.1) is 65.0 Å². The number of rotatable bonds is 42. The summed E-state index contributed by atoms with van der Waals surface area (Å²) >= 11 is 0. The zero-order valence-electron chi connectivity index (χ0n) is 73.7. The molecule has 0 unspecified atom stereocenters. The van der Waals surface area contributed by atoms with Crippen molar-refractivity contribution in [3.05, 3.63) is 318 Å². The van der Waals surface area contributed by atoms with Gasteiger partial charge >= 0.3 is 41.8 Å². The Morgan fingerprint density at radius 2 is 0.582 bits per heavy atom. The van der Waals surface area contributed by atoms with Crippen molar-refractivity contribution in [3.63, 3.8) is 0 Å². The molecule has 5 fully saturated rings. The third kappa shape index (κ3) is 26.5. The number of methoxy groups -OCH3 is 3. The van der Waals surface area contributed by atoms with Crippen molar-refractivity contribution in [3.8, 4) is 0 Å². The predicted molar refractivity (Wildman–Crippen MR) is 464 cm³/mol. The third-order valence-corrected chi connectivity index (χ3v) is 22.2. The number of nitrogens with zero attached hydrogens (tertiary/aromatic N) is 9. The van der Waals surface area contributed by atoms with Crippen LogP contribution in [0.3, 0.4) is 0 Å². The van der Waals surface area contributed by atoms with Crippen LogP contribution in [-0.2, 0) is 173 Å². The Morgan fingerprint density at radius 3 is 0.948 bits per heavy atom. The van der Waals surface area contributed by atoms with Gasteiger partial charge in [0.15, 0.2) is 49.8 Å². The summed E-state index contributed by atoms with van der Waals surface area (Å²) in [6.45, 7) is -0.129. The molecule has 5 heterocycles. The monoisotopic (exact) mass is 1850 g/mol. The van der Waals surface area contributed by atoms with Crippen molar-refractivity contribution in [2.45, 2.75) is 214 Å². The minimum Gasteiger partial charge on any atom is -0.467 e. The molecule has 8 aromatic carbocycles. The lowest BCUT2D eigenvalue weighted by Gasteiger charge is -2.51. The van der Waals surface area contributed by atoms with Gasteiger partial charge in [0.2, 0.25) is 0 Å². The highest BCUT2D eigenvalue weighted by molar-refractivity contribution is 5.90. The molecular weight excluding hydrogens is 1750 g/mol. The van der Waals surface area contributed by atoms with Gasteiger partial charge in [-0.25, -0.2) is 19.2 Å². The number of hydrogen-bond acceptors (Lipinski definition) is 33. The Balaban J connectivity index is 0.918. The van der Waals surface area contributed by atoms with Crippen molar-refractivity contribution >= 4 is 41.8 Å². The van der Waals surface area contributed by atoms with E-state index < -0.39 is 222 Å². The van der Waals surface area contributed by atoms with E-state index in [4.69, 9.17) is 109 Å². The van der Waals surface area contributed by atoms with Crippen LogP contribution >= 0.6 is 0 Å². The molecule has 0 spiro atoms. The number of azide groups is 3. The zero-order valence-corrected chi connectivity index (χ0v) is 73.7. The lowest BCUT2D eigenvalue weighted by Crippen LogP contribution is -2.69. The first-order valence-electron chi connectivity index (χ1n) is 42.9. The van der Waals surface area contributed by atoms with Crippen LogP contribution in [0.5, 0.6) is 0 Å². The Bertz CT molecular complexity index is 5240. The molecule has 0 bridgehead atoms. The maximum atomic E-state index is 15.3. The molecule has 0 aromatic heterocycles. The fraction of sp³-hybridized carbons (Fsp3) is 0.421. The van der Waals surface area contributed by atoms with Gasteiger partial charge in [-0.15, -0.1) is 0 Å². The Kier molecular flexibility index (Phi) is 36.8. The standard InChI is InChI=1S/C95H101N9O30/c1-56(105)115-53-67-73(117-47-59-31-15-7-16-32-59)76(118-48-60-33-17-8-18-34-60)71(100-103-97)92(126-67)131-81-79(120-50-62-37-21-10-22-38-62)85(122-52-64-41-25-12-26-42-64)94(133-83(81)89(110)112-4)130-75-68(54-116-57(2)106)127-93(72(101-104-98)78(75)124-58(3)107)132-82-80(121-51-63-39-23-11-24-40-63)86(128-88(109)66-45-29-14-30-46-66)95(134-84(82)90(111)113-5)129-74-69(55-123-87(108)65-43-27-13-28-44-65)125-91(114-6)70(99-102-96)77(74)119-49-61-35-19-9-20-36-61/h7-46,67-86,91-95H,47-55H2,1-6H3/t67-,68-,69-,70-,71-,72-,73-,74-,75-,76-,77-,78-,79+,80+,81+,82+,83+,84-,85-,86-,91+,92-,93-,94-,95-/m1/s1. The van der Waals surface area contributed by atoms with Gasteiger partial charge < -0.3 is 109 Å². The van der Waals surface area contributed by atoms with Crippen LogP contribution in [0.15, 0.2) is 258 Å². The first-order valence-corrected chi connectivity index (χ1v) is 42.9. The minimum atomic E-state index is -2.20. The second-order valence-electron chi connectivity index (χ2n) is 31.2. The molecule has 0 saturated carbocycles. The van der Waals surface area contributed by atoms with Gasteiger partial charge in [0.25, 0.3) is 0 Å². The highest BCUT2D eigenvalue weighted by Crippen LogP contribution is 2.43. The summed E-state index contributed by atoms with van der Waals surface area (Å²) in [6.07, 6.45) is -39.5. The van der Waals surface area contributed by atoms with Crippen molar-refractivity contribution in [2.24, 2.45) is 15.3 Å². The van der Waals surface area contributed by atoms with Gasteiger partial charge in [-0.1, -0.05) is 234 Å². The minimum absolute atomic E-state index is 0.0456. The summed E-state index contributed by atoms with van der Waals surface area (Å²) in [6, 6.07) is 63.4. The van der Waals surface area contributed by atoms with Gasteiger partial charge in [-0.05, 0) is 74.2 Å². The molecule has 706 valence electrons. The van der Waals surface area contributed by atoms with Gasteiger partial charge in [0.1, 0.15) is 123 Å². The van der Waals surface area contributed by atoms with E-state index in [1.165, 1.54) is 38.3 Å². The van der Waals surface area contributed by atoms with Crippen LogP contribution in [0.25, 0.3) is 31.3 Å². The van der Waals surface area contributed by atoms with Crippen LogP contribution in [-0.4, -0.2) is 236 Å². The van der Waals surface area contributed by atoms with Crippen LogP contribution < -0.4 is 0 Å². The average Bonchev–Trinajstić information content (AvgIpc) is 0.752. The molecule has 39 heteroatoms. The highest BCUT2D eigenvalue weighted by Gasteiger charge is 2.62. The van der Waals surface area contributed by atoms with Crippen molar-refractivity contribution in [2.75, 3.05) is 41.2 Å². The summed E-state index contributed by atoms with van der Waals surface area (Å²) in [5, 5.41) is 12.5. The van der Waals surface area contributed by atoms with E-state index in [2.05, 4.69) is 30.1 Å². The summed E-state index contributed by atoms with van der Waals surface area (Å²) in [7, 11) is 3.33. The average molecular weight is 1850 g/mol. The Morgan fingerprint density at radius 1 is 0.291 bits per heavy atom. The predicted octanol–water partition coefficient (Wildman–Crippen LogP) is 11.8. The van der Waals surface area contributed by atoms with E-state index in [-0.39, 0.29) is 44.2 Å². The maximum absolute atomic E-state index is 15.3. The summed E-state index contributed by atoms with van der Waals surface area (Å²) in [5.41, 5.74) is 35.7. The van der Waals surface area contributed by atoms with E-state index in [0.717, 1.165) is 28.1 Å². The molecule has 0 aliphatic carbocycles.